The van der Waals surface area contributed by atoms with Crippen molar-refractivity contribution in [3.8, 4) is 17.5 Å². The highest BCUT2D eigenvalue weighted by Crippen LogP contribution is 2.33. The molecule has 1 aliphatic rings. The molecule has 7 heteroatoms. The molecule has 0 atom stereocenters. The summed E-state index contributed by atoms with van der Waals surface area (Å²) in [7, 11) is 2.01. The van der Waals surface area contributed by atoms with E-state index in [0.29, 0.717) is 23.9 Å². The number of rotatable bonds is 3. The number of hydrogen-bond donors (Lipinski definition) is 0. The first kappa shape index (κ1) is 17.0. The summed E-state index contributed by atoms with van der Waals surface area (Å²) >= 11 is 0. The van der Waals surface area contributed by atoms with Gasteiger partial charge < -0.3 is 14.2 Å². The molecule has 0 saturated carbocycles. The van der Waals surface area contributed by atoms with Crippen LogP contribution in [0.1, 0.15) is 17.9 Å². The zero-order valence-corrected chi connectivity index (χ0v) is 14.9. The number of benzene rings is 2. The Labute approximate surface area is 156 Å². The maximum atomic E-state index is 13.8. The van der Waals surface area contributed by atoms with Crippen molar-refractivity contribution < 1.29 is 8.81 Å². The molecule has 0 N–H and O–H groups in total. The number of anilines is 2. The summed E-state index contributed by atoms with van der Waals surface area (Å²) in [6.45, 7) is 2.08. The molecule has 2 aromatic carbocycles. The molecule has 0 unspecified atom stereocenters. The van der Waals surface area contributed by atoms with Crippen LogP contribution in [0.25, 0.3) is 11.5 Å². The van der Waals surface area contributed by atoms with Crippen molar-refractivity contribution in [3.63, 3.8) is 0 Å². The molecule has 27 heavy (non-hydrogen) atoms. The van der Waals surface area contributed by atoms with E-state index in [1.165, 1.54) is 6.07 Å². The standard InChI is InChI=1S/C20H18FN5O/c1-25-9-2-10-26(18-11-16(21)7-8-17(18)25)13-19-23-24-20(27-19)15-5-3-14(12-22)4-6-15/h3-8,11H,2,9-10,13H2,1H3. The van der Waals surface area contributed by atoms with Crippen molar-refractivity contribution in [1.29, 1.82) is 5.26 Å². The average Bonchev–Trinajstić information content (AvgIpc) is 3.09. The largest absolute Gasteiger partial charge is 0.419 e. The summed E-state index contributed by atoms with van der Waals surface area (Å²) in [5.41, 5.74) is 3.15. The van der Waals surface area contributed by atoms with E-state index in [1.807, 2.05) is 7.05 Å². The van der Waals surface area contributed by atoms with Gasteiger partial charge in [0.2, 0.25) is 11.8 Å². The fourth-order valence-electron chi connectivity index (χ4n) is 3.26. The summed E-state index contributed by atoms with van der Waals surface area (Å²) in [6.07, 6.45) is 0.948. The molecule has 1 aromatic heterocycles. The Morgan fingerprint density at radius 1 is 1.11 bits per heavy atom. The molecule has 0 radical (unpaired) electrons. The molecule has 2 heterocycles. The Hall–Kier alpha value is -3.40. The molecule has 136 valence electrons. The zero-order valence-electron chi connectivity index (χ0n) is 14.9. The summed E-state index contributed by atoms with van der Waals surface area (Å²) in [5.74, 6) is 0.605. The lowest BCUT2D eigenvalue weighted by Crippen LogP contribution is -2.23. The first-order valence-electron chi connectivity index (χ1n) is 8.72. The summed E-state index contributed by atoms with van der Waals surface area (Å²) in [5, 5.41) is 17.1. The van der Waals surface area contributed by atoms with Crippen LogP contribution >= 0.6 is 0 Å². The Kier molecular flexibility index (Phi) is 4.47. The molecular formula is C20H18FN5O. The van der Waals surface area contributed by atoms with Crippen LogP contribution in [0.5, 0.6) is 0 Å². The number of halogens is 1. The average molecular weight is 363 g/mol. The molecule has 6 nitrogen and oxygen atoms in total. The third-order valence-electron chi connectivity index (χ3n) is 4.66. The minimum atomic E-state index is -0.266. The molecular weight excluding hydrogens is 345 g/mol. The van der Waals surface area contributed by atoms with Crippen molar-refractivity contribution in [1.82, 2.24) is 10.2 Å². The summed E-state index contributed by atoms with van der Waals surface area (Å²) in [4.78, 5) is 4.20. The van der Waals surface area contributed by atoms with Gasteiger partial charge in [-0.1, -0.05) is 0 Å². The fraction of sp³-hybridized carbons (Fsp3) is 0.250. The molecule has 4 rings (SSSR count). The highest BCUT2D eigenvalue weighted by Gasteiger charge is 2.21. The van der Waals surface area contributed by atoms with Crippen LogP contribution in [0.4, 0.5) is 15.8 Å². The van der Waals surface area contributed by atoms with Gasteiger partial charge in [0.25, 0.3) is 0 Å². The number of aromatic nitrogens is 2. The van der Waals surface area contributed by atoms with Crippen molar-refractivity contribution in [2.24, 2.45) is 0 Å². The molecule has 0 saturated heterocycles. The maximum Gasteiger partial charge on any atom is 0.247 e. The smallest absolute Gasteiger partial charge is 0.247 e. The predicted octanol–water partition coefficient (Wildman–Crippen LogP) is 3.59. The van der Waals surface area contributed by atoms with E-state index in [4.69, 9.17) is 9.68 Å². The van der Waals surface area contributed by atoms with Crippen molar-refractivity contribution in [2.75, 3.05) is 29.9 Å². The molecule has 0 bridgehead atoms. The molecule has 0 amide bonds. The predicted molar refractivity (Wildman–Crippen MR) is 99.8 cm³/mol. The van der Waals surface area contributed by atoms with Crippen molar-refractivity contribution in [2.45, 2.75) is 13.0 Å². The quantitative estimate of drug-likeness (QED) is 0.708. The van der Waals surface area contributed by atoms with Crippen LogP contribution in [0.3, 0.4) is 0 Å². The van der Waals surface area contributed by atoms with Gasteiger partial charge in [0.15, 0.2) is 0 Å². The van der Waals surface area contributed by atoms with E-state index < -0.39 is 0 Å². The lowest BCUT2D eigenvalue weighted by molar-refractivity contribution is 0.497. The molecule has 0 fully saturated rings. The SMILES string of the molecule is CN1CCCN(Cc2nnc(-c3ccc(C#N)cc3)o2)c2cc(F)ccc21. The van der Waals surface area contributed by atoms with Crippen molar-refractivity contribution in [3.05, 3.63) is 59.7 Å². The topological polar surface area (TPSA) is 69.2 Å². The van der Waals surface area contributed by atoms with Gasteiger partial charge >= 0.3 is 0 Å². The maximum absolute atomic E-state index is 13.8. The monoisotopic (exact) mass is 363 g/mol. The van der Waals surface area contributed by atoms with Crippen LogP contribution in [0.2, 0.25) is 0 Å². The number of nitrogens with zero attached hydrogens (tertiary/aromatic N) is 5. The second-order valence-corrected chi connectivity index (χ2v) is 6.52. The third-order valence-corrected chi connectivity index (χ3v) is 4.66. The van der Waals surface area contributed by atoms with E-state index in [9.17, 15) is 4.39 Å². The lowest BCUT2D eigenvalue weighted by atomic mass is 10.1. The summed E-state index contributed by atoms with van der Waals surface area (Å²) in [6, 6.07) is 13.9. The van der Waals surface area contributed by atoms with Crippen LogP contribution < -0.4 is 9.80 Å². The lowest BCUT2D eigenvalue weighted by Gasteiger charge is -2.24. The van der Waals surface area contributed by atoms with Gasteiger partial charge in [0.1, 0.15) is 5.82 Å². The van der Waals surface area contributed by atoms with Gasteiger partial charge in [-0.25, -0.2) is 4.39 Å². The van der Waals surface area contributed by atoms with Crippen LogP contribution in [0, 0.1) is 17.1 Å². The third kappa shape index (κ3) is 3.47. The van der Waals surface area contributed by atoms with E-state index in [0.717, 1.165) is 36.4 Å². The highest BCUT2D eigenvalue weighted by molar-refractivity contribution is 5.72. The van der Waals surface area contributed by atoms with E-state index in [-0.39, 0.29) is 5.82 Å². The number of hydrogen-bond acceptors (Lipinski definition) is 6. The second kappa shape index (κ2) is 7.08. The van der Waals surface area contributed by atoms with Gasteiger partial charge in [0, 0.05) is 25.7 Å². The van der Waals surface area contributed by atoms with E-state index in [1.54, 1.807) is 36.4 Å². The minimum Gasteiger partial charge on any atom is -0.419 e. The number of nitriles is 1. The van der Waals surface area contributed by atoms with E-state index >= 15 is 0 Å². The van der Waals surface area contributed by atoms with Crippen LogP contribution in [0.15, 0.2) is 46.9 Å². The molecule has 0 aliphatic carbocycles. The first-order chi connectivity index (χ1) is 13.1. The normalized spacial score (nSPS) is 13.8. The van der Waals surface area contributed by atoms with Gasteiger partial charge in [-0.2, -0.15) is 5.26 Å². The summed E-state index contributed by atoms with van der Waals surface area (Å²) < 4.78 is 19.6. The molecule has 1 aliphatic heterocycles. The van der Waals surface area contributed by atoms with Crippen LogP contribution in [-0.2, 0) is 6.54 Å². The Bertz CT molecular complexity index is 992. The Morgan fingerprint density at radius 2 is 1.93 bits per heavy atom. The number of fused-ring (bicyclic) bond motifs is 1. The zero-order chi connectivity index (χ0) is 18.8. The minimum absolute atomic E-state index is 0.266. The van der Waals surface area contributed by atoms with Gasteiger partial charge in [0.05, 0.1) is 29.6 Å². The molecule has 0 spiro atoms. The van der Waals surface area contributed by atoms with Gasteiger partial charge in [-0.15, -0.1) is 10.2 Å². The van der Waals surface area contributed by atoms with Crippen LogP contribution in [-0.4, -0.2) is 30.3 Å². The fourth-order valence-corrected chi connectivity index (χ4v) is 3.26. The second-order valence-electron chi connectivity index (χ2n) is 6.52. The first-order valence-corrected chi connectivity index (χ1v) is 8.72. The van der Waals surface area contributed by atoms with Gasteiger partial charge in [-0.3, -0.25) is 0 Å². The van der Waals surface area contributed by atoms with E-state index in [2.05, 4.69) is 26.1 Å². The highest BCUT2D eigenvalue weighted by atomic mass is 19.1. The Morgan fingerprint density at radius 3 is 2.70 bits per heavy atom. The Balaban J connectivity index is 1.59. The molecule has 3 aromatic rings. The van der Waals surface area contributed by atoms with Gasteiger partial charge in [-0.05, 0) is 48.9 Å². The van der Waals surface area contributed by atoms with Crippen molar-refractivity contribution >= 4 is 11.4 Å².